The molecule has 1 aliphatic rings. The Bertz CT molecular complexity index is 954. The van der Waals surface area contributed by atoms with Crippen molar-refractivity contribution in [2.45, 2.75) is 6.92 Å². The zero-order chi connectivity index (χ0) is 16.7. The minimum absolute atomic E-state index is 0.591. The van der Waals surface area contributed by atoms with Gasteiger partial charge in [0.2, 0.25) is 0 Å². The lowest BCUT2D eigenvalue weighted by molar-refractivity contribution is 0.356. The summed E-state index contributed by atoms with van der Waals surface area (Å²) in [6.45, 7) is 1.95. The van der Waals surface area contributed by atoms with E-state index in [9.17, 15) is 0 Å². The Hall–Kier alpha value is -3.15. The molecule has 6 nitrogen and oxygen atoms in total. The number of amidine groups is 1. The van der Waals surface area contributed by atoms with Crippen LogP contribution in [0.25, 0.3) is 10.9 Å². The van der Waals surface area contributed by atoms with E-state index in [4.69, 9.17) is 14.5 Å². The van der Waals surface area contributed by atoms with E-state index in [0.717, 1.165) is 28.2 Å². The molecule has 0 unspecified atom stereocenters. The molecule has 3 aromatic rings. The Balaban J connectivity index is 2.07. The van der Waals surface area contributed by atoms with Crippen LogP contribution in [0.3, 0.4) is 0 Å². The molecule has 0 atom stereocenters. The van der Waals surface area contributed by atoms with Gasteiger partial charge in [-0.15, -0.1) is 0 Å². The largest absolute Gasteiger partial charge is 0.493 e. The van der Waals surface area contributed by atoms with E-state index in [2.05, 4.69) is 9.97 Å². The Kier molecular flexibility index (Phi) is 3.30. The Labute approximate surface area is 139 Å². The van der Waals surface area contributed by atoms with Crippen LogP contribution in [-0.2, 0) is 0 Å². The highest BCUT2D eigenvalue weighted by Gasteiger charge is 2.27. The fourth-order valence-electron chi connectivity index (χ4n) is 3.02. The summed E-state index contributed by atoms with van der Waals surface area (Å²) >= 11 is 0. The molecule has 0 aliphatic carbocycles. The molecule has 0 N–H and O–H groups in total. The van der Waals surface area contributed by atoms with Gasteiger partial charge < -0.3 is 9.47 Å². The molecule has 0 radical (unpaired) electrons. The van der Waals surface area contributed by atoms with Crippen LogP contribution in [0, 0.1) is 0 Å². The smallest absolute Gasteiger partial charge is 0.187 e. The predicted octanol–water partition coefficient (Wildman–Crippen LogP) is 3.85. The second kappa shape index (κ2) is 5.49. The molecule has 0 spiro atoms. The molecule has 0 fully saturated rings. The molecule has 24 heavy (non-hydrogen) atoms. The predicted molar refractivity (Wildman–Crippen MR) is 94.0 cm³/mol. The molecular formula is C18H16N4O2. The third-order valence-corrected chi connectivity index (χ3v) is 4.05. The van der Waals surface area contributed by atoms with E-state index >= 15 is 0 Å². The maximum Gasteiger partial charge on any atom is 0.187 e. The summed E-state index contributed by atoms with van der Waals surface area (Å²) in [6, 6.07) is 11.9. The fourth-order valence-corrected chi connectivity index (χ4v) is 3.02. The maximum absolute atomic E-state index is 5.54. The van der Waals surface area contributed by atoms with Crippen molar-refractivity contribution < 1.29 is 9.47 Å². The second-order valence-corrected chi connectivity index (χ2v) is 5.38. The highest BCUT2D eigenvalue weighted by Crippen LogP contribution is 2.48. The summed E-state index contributed by atoms with van der Waals surface area (Å²) in [4.78, 5) is 15.7. The highest BCUT2D eigenvalue weighted by atomic mass is 16.5. The average Bonchev–Trinajstić information content (AvgIpc) is 2.62. The second-order valence-electron chi connectivity index (χ2n) is 5.38. The number of aliphatic imine (C=N–C) groups is 1. The van der Waals surface area contributed by atoms with Crippen LogP contribution in [0.5, 0.6) is 11.5 Å². The van der Waals surface area contributed by atoms with E-state index in [0.29, 0.717) is 17.2 Å². The van der Waals surface area contributed by atoms with Gasteiger partial charge in [0.25, 0.3) is 0 Å². The number of hydrogen-bond acceptors (Lipinski definition) is 6. The summed E-state index contributed by atoms with van der Waals surface area (Å²) in [6.07, 6.45) is 1.56. The Morgan fingerprint density at radius 1 is 1.00 bits per heavy atom. The van der Waals surface area contributed by atoms with Crippen molar-refractivity contribution in [1.29, 1.82) is 0 Å². The van der Waals surface area contributed by atoms with E-state index in [1.54, 1.807) is 20.5 Å². The van der Waals surface area contributed by atoms with Gasteiger partial charge in [-0.25, -0.2) is 15.0 Å². The van der Waals surface area contributed by atoms with Crippen LogP contribution in [0.2, 0.25) is 0 Å². The van der Waals surface area contributed by atoms with Crippen molar-refractivity contribution in [1.82, 2.24) is 9.97 Å². The van der Waals surface area contributed by atoms with Gasteiger partial charge in [-0.1, -0.05) is 18.2 Å². The van der Waals surface area contributed by atoms with Crippen LogP contribution in [0.1, 0.15) is 6.92 Å². The molecule has 0 bridgehead atoms. The summed E-state index contributed by atoms with van der Waals surface area (Å²) in [7, 11) is 3.21. The maximum atomic E-state index is 5.54. The van der Waals surface area contributed by atoms with Gasteiger partial charge >= 0.3 is 0 Å². The van der Waals surface area contributed by atoms with Gasteiger partial charge in [0.05, 0.1) is 25.1 Å². The van der Waals surface area contributed by atoms with Gasteiger partial charge in [-0.05, 0) is 19.1 Å². The molecular weight excluding hydrogens is 304 g/mol. The zero-order valence-corrected chi connectivity index (χ0v) is 13.6. The number of ether oxygens (including phenoxy) is 2. The molecule has 120 valence electrons. The number of benzene rings is 2. The van der Waals surface area contributed by atoms with Crippen molar-refractivity contribution in [3.63, 3.8) is 0 Å². The third kappa shape index (κ3) is 2.00. The van der Waals surface area contributed by atoms with Crippen molar-refractivity contribution in [2.75, 3.05) is 19.1 Å². The normalized spacial score (nSPS) is 13.0. The number of hydrogen-bond donors (Lipinski definition) is 0. The SMILES string of the molecule is COc1cc2ncnc3c2c(c1OC)N=C(C)N3c1ccccc1. The molecule has 0 amide bonds. The van der Waals surface area contributed by atoms with E-state index < -0.39 is 0 Å². The number of methoxy groups -OCH3 is 2. The number of anilines is 2. The molecule has 2 heterocycles. The van der Waals surface area contributed by atoms with Gasteiger partial charge in [0.1, 0.15) is 17.9 Å². The van der Waals surface area contributed by atoms with E-state index in [1.807, 2.05) is 48.2 Å². The minimum atomic E-state index is 0.591. The summed E-state index contributed by atoms with van der Waals surface area (Å²) in [5.74, 6) is 2.79. The molecule has 0 saturated carbocycles. The van der Waals surface area contributed by atoms with E-state index in [1.165, 1.54) is 0 Å². The number of rotatable bonds is 3. The van der Waals surface area contributed by atoms with Crippen molar-refractivity contribution >= 4 is 33.9 Å². The van der Waals surface area contributed by atoms with Crippen LogP contribution < -0.4 is 14.4 Å². The quantitative estimate of drug-likeness (QED) is 0.733. The van der Waals surface area contributed by atoms with Gasteiger partial charge in [0.15, 0.2) is 17.3 Å². The van der Waals surface area contributed by atoms with Crippen molar-refractivity contribution in [3.05, 3.63) is 42.7 Å². The third-order valence-electron chi connectivity index (χ3n) is 4.05. The van der Waals surface area contributed by atoms with Crippen LogP contribution >= 0.6 is 0 Å². The molecule has 6 heteroatoms. The summed E-state index contributed by atoms with van der Waals surface area (Å²) in [5.41, 5.74) is 2.47. The molecule has 1 aromatic heterocycles. The van der Waals surface area contributed by atoms with Crippen molar-refractivity contribution in [2.24, 2.45) is 4.99 Å². The Morgan fingerprint density at radius 2 is 1.79 bits per heavy atom. The first-order valence-corrected chi connectivity index (χ1v) is 7.54. The zero-order valence-electron chi connectivity index (χ0n) is 13.6. The molecule has 4 rings (SSSR count). The van der Waals surface area contributed by atoms with Gasteiger partial charge in [-0.3, -0.25) is 4.90 Å². The van der Waals surface area contributed by atoms with Crippen LogP contribution in [0.4, 0.5) is 17.2 Å². The number of aromatic nitrogens is 2. The molecule has 1 aliphatic heterocycles. The first-order chi connectivity index (χ1) is 11.7. The lowest BCUT2D eigenvalue weighted by atomic mass is 10.1. The standard InChI is InChI=1S/C18H16N4O2/c1-11-21-16-15-13(9-14(23-2)17(16)24-3)19-10-20-18(15)22(11)12-7-5-4-6-8-12/h4-10H,1-3H3. The van der Waals surface area contributed by atoms with Crippen LogP contribution in [-0.4, -0.2) is 30.0 Å². The highest BCUT2D eigenvalue weighted by molar-refractivity contribution is 6.17. The number of para-hydroxylation sites is 1. The lowest BCUT2D eigenvalue weighted by Crippen LogP contribution is -2.26. The summed E-state index contributed by atoms with van der Waals surface area (Å²) < 4.78 is 11.0. The van der Waals surface area contributed by atoms with E-state index in [-0.39, 0.29) is 0 Å². The summed E-state index contributed by atoms with van der Waals surface area (Å²) in [5, 5.41) is 0.851. The van der Waals surface area contributed by atoms with Gasteiger partial charge in [-0.2, -0.15) is 0 Å². The Morgan fingerprint density at radius 3 is 2.50 bits per heavy atom. The number of nitrogens with zero attached hydrogens (tertiary/aromatic N) is 4. The first-order valence-electron chi connectivity index (χ1n) is 7.54. The first kappa shape index (κ1) is 14.4. The molecule has 2 aromatic carbocycles. The minimum Gasteiger partial charge on any atom is -0.493 e. The molecule has 0 saturated heterocycles. The van der Waals surface area contributed by atoms with Gasteiger partial charge in [0, 0.05) is 11.8 Å². The van der Waals surface area contributed by atoms with Crippen molar-refractivity contribution in [3.8, 4) is 11.5 Å². The van der Waals surface area contributed by atoms with Crippen LogP contribution in [0.15, 0.2) is 47.7 Å². The fraction of sp³-hybridized carbons (Fsp3) is 0.167. The lowest BCUT2D eigenvalue weighted by Gasteiger charge is -2.29. The monoisotopic (exact) mass is 320 g/mol. The average molecular weight is 320 g/mol. The topological polar surface area (TPSA) is 59.8 Å².